The highest BCUT2D eigenvalue weighted by molar-refractivity contribution is 5.91. The van der Waals surface area contributed by atoms with E-state index in [9.17, 15) is 9.90 Å². The lowest BCUT2D eigenvalue weighted by Crippen LogP contribution is -2.41. The third-order valence-corrected chi connectivity index (χ3v) is 3.42. The molecule has 1 saturated carbocycles. The number of nitrogens with one attached hydrogen (secondary N) is 2. The second-order valence-electron chi connectivity index (χ2n) is 5.04. The summed E-state index contributed by atoms with van der Waals surface area (Å²) in [5.74, 6) is 0.661. The molecule has 0 heterocycles. The fourth-order valence-electron chi connectivity index (χ4n) is 2.49. The monoisotopic (exact) mass is 278 g/mol. The van der Waals surface area contributed by atoms with Crippen molar-refractivity contribution in [1.82, 2.24) is 5.32 Å². The SMILES string of the molecule is CCOc1ccccc1NC(=O)N[C@H]1CCC[C@H](O)C1. The normalized spacial score (nSPS) is 22.1. The lowest BCUT2D eigenvalue weighted by molar-refractivity contribution is 0.114. The molecule has 5 nitrogen and oxygen atoms in total. The number of hydrogen-bond acceptors (Lipinski definition) is 3. The molecule has 0 unspecified atom stereocenters. The molecule has 2 atom stereocenters. The van der Waals surface area contributed by atoms with E-state index in [1.807, 2.05) is 25.1 Å². The number of amides is 2. The molecule has 2 amide bonds. The van der Waals surface area contributed by atoms with Crippen LogP contribution in [0.25, 0.3) is 0 Å². The lowest BCUT2D eigenvalue weighted by Gasteiger charge is -2.26. The van der Waals surface area contributed by atoms with Gasteiger partial charge in [0.25, 0.3) is 0 Å². The minimum absolute atomic E-state index is 0.0398. The number of aliphatic hydroxyl groups excluding tert-OH is 1. The number of hydrogen-bond donors (Lipinski definition) is 3. The predicted molar refractivity (Wildman–Crippen MR) is 78.0 cm³/mol. The fraction of sp³-hybridized carbons (Fsp3) is 0.533. The van der Waals surface area contributed by atoms with Gasteiger partial charge in [-0.3, -0.25) is 0 Å². The zero-order valence-corrected chi connectivity index (χ0v) is 11.8. The largest absolute Gasteiger partial charge is 0.492 e. The van der Waals surface area contributed by atoms with Crippen LogP contribution in [0.1, 0.15) is 32.6 Å². The summed E-state index contributed by atoms with van der Waals surface area (Å²) in [4.78, 5) is 12.0. The Morgan fingerprint density at radius 2 is 2.20 bits per heavy atom. The third kappa shape index (κ3) is 4.13. The van der Waals surface area contributed by atoms with Crippen LogP contribution < -0.4 is 15.4 Å². The minimum atomic E-state index is -0.301. The molecule has 0 spiro atoms. The van der Waals surface area contributed by atoms with Gasteiger partial charge < -0.3 is 20.5 Å². The summed E-state index contributed by atoms with van der Waals surface area (Å²) in [5, 5.41) is 15.3. The van der Waals surface area contributed by atoms with Gasteiger partial charge in [-0.15, -0.1) is 0 Å². The summed E-state index contributed by atoms with van der Waals surface area (Å²) in [7, 11) is 0. The summed E-state index contributed by atoms with van der Waals surface area (Å²) >= 11 is 0. The van der Waals surface area contributed by atoms with E-state index in [4.69, 9.17) is 4.74 Å². The number of rotatable bonds is 4. The number of carbonyl (C=O) groups is 1. The van der Waals surface area contributed by atoms with Gasteiger partial charge in [0.2, 0.25) is 0 Å². The van der Waals surface area contributed by atoms with Crippen molar-refractivity contribution in [2.75, 3.05) is 11.9 Å². The van der Waals surface area contributed by atoms with Gasteiger partial charge in [0.1, 0.15) is 5.75 Å². The Kier molecular flexibility index (Phi) is 5.24. The Morgan fingerprint density at radius 1 is 1.40 bits per heavy atom. The van der Waals surface area contributed by atoms with Crippen LogP contribution in [0.3, 0.4) is 0 Å². The first-order valence-corrected chi connectivity index (χ1v) is 7.16. The van der Waals surface area contributed by atoms with Crippen LogP contribution in [-0.4, -0.2) is 29.9 Å². The maximum absolute atomic E-state index is 12.0. The molecule has 20 heavy (non-hydrogen) atoms. The Morgan fingerprint density at radius 3 is 2.95 bits per heavy atom. The number of anilines is 1. The van der Waals surface area contributed by atoms with Gasteiger partial charge >= 0.3 is 6.03 Å². The number of urea groups is 1. The van der Waals surface area contributed by atoms with E-state index in [1.165, 1.54) is 0 Å². The summed E-state index contributed by atoms with van der Waals surface area (Å²) in [6.07, 6.45) is 3.01. The zero-order chi connectivity index (χ0) is 14.4. The van der Waals surface area contributed by atoms with Gasteiger partial charge in [0.15, 0.2) is 0 Å². The molecular weight excluding hydrogens is 256 g/mol. The third-order valence-electron chi connectivity index (χ3n) is 3.42. The summed E-state index contributed by atoms with van der Waals surface area (Å²) < 4.78 is 5.46. The number of ether oxygens (including phenoxy) is 1. The average molecular weight is 278 g/mol. The molecule has 1 fully saturated rings. The van der Waals surface area contributed by atoms with Crippen molar-refractivity contribution in [3.8, 4) is 5.75 Å². The van der Waals surface area contributed by atoms with Crippen molar-refractivity contribution < 1.29 is 14.6 Å². The second-order valence-corrected chi connectivity index (χ2v) is 5.04. The zero-order valence-electron chi connectivity index (χ0n) is 11.8. The van der Waals surface area contributed by atoms with Crippen LogP contribution in [0.4, 0.5) is 10.5 Å². The van der Waals surface area contributed by atoms with Crippen molar-refractivity contribution in [1.29, 1.82) is 0 Å². The number of para-hydroxylation sites is 2. The Hall–Kier alpha value is -1.75. The van der Waals surface area contributed by atoms with E-state index in [-0.39, 0.29) is 18.2 Å². The van der Waals surface area contributed by atoms with Crippen molar-refractivity contribution in [2.45, 2.75) is 44.8 Å². The molecule has 1 aliphatic rings. The molecule has 0 bridgehead atoms. The highest BCUT2D eigenvalue weighted by Gasteiger charge is 2.21. The smallest absolute Gasteiger partial charge is 0.319 e. The van der Waals surface area contributed by atoms with E-state index in [0.29, 0.717) is 24.5 Å². The Balaban J connectivity index is 1.91. The van der Waals surface area contributed by atoms with Crippen molar-refractivity contribution in [2.24, 2.45) is 0 Å². The predicted octanol–water partition coefficient (Wildman–Crippen LogP) is 2.51. The first kappa shape index (κ1) is 14.7. The highest BCUT2D eigenvalue weighted by Crippen LogP contribution is 2.24. The molecule has 1 aromatic carbocycles. The van der Waals surface area contributed by atoms with Crippen LogP contribution in [0, 0.1) is 0 Å². The quantitative estimate of drug-likeness (QED) is 0.792. The van der Waals surface area contributed by atoms with Crippen LogP contribution in [0.15, 0.2) is 24.3 Å². The van der Waals surface area contributed by atoms with E-state index >= 15 is 0 Å². The summed E-state index contributed by atoms with van der Waals surface area (Å²) in [6, 6.07) is 7.13. The van der Waals surface area contributed by atoms with Gasteiger partial charge in [-0.25, -0.2) is 4.79 Å². The molecule has 0 saturated heterocycles. The molecule has 3 N–H and O–H groups in total. The molecule has 0 aliphatic heterocycles. The molecule has 5 heteroatoms. The molecule has 1 aliphatic carbocycles. The maximum Gasteiger partial charge on any atom is 0.319 e. The van der Waals surface area contributed by atoms with Crippen molar-refractivity contribution in [3.05, 3.63) is 24.3 Å². The minimum Gasteiger partial charge on any atom is -0.492 e. The molecule has 110 valence electrons. The van der Waals surface area contributed by atoms with Crippen molar-refractivity contribution in [3.63, 3.8) is 0 Å². The van der Waals surface area contributed by atoms with E-state index in [0.717, 1.165) is 19.3 Å². The topological polar surface area (TPSA) is 70.6 Å². The van der Waals surface area contributed by atoms with Crippen LogP contribution in [0.5, 0.6) is 5.75 Å². The summed E-state index contributed by atoms with van der Waals surface area (Å²) in [5.41, 5.74) is 0.656. The van der Waals surface area contributed by atoms with E-state index < -0.39 is 0 Å². The maximum atomic E-state index is 12.0. The Labute approximate surface area is 119 Å². The van der Waals surface area contributed by atoms with Crippen molar-refractivity contribution >= 4 is 11.7 Å². The van der Waals surface area contributed by atoms with Gasteiger partial charge in [-0.2, -0.15) is 0 Å². The molecule has 0 aromatic heterocycles. The number of benzene rings is 1. The molecule has 2 rings (SSSR count). The van der Waals surface area contributed by atoms with Gasteiger partial charge in [-0.1, -0.05) is 12.1 Å². The van der Waals surface area contributed by atoms with E-state index in [1.54, 1.807) is 6.07 Å². The highest BCUT2D eigenvalue weighted by atomic mass is 16.5. The van der Waals surface area contributed by atoms with Crippen LogP contribution in [0.2, 0.25) is 0 Å². The standard InChI is InChI=1S/C15H22N2O3/c1-2-20-14-9-4-3-8-13(14)17-15(19)16-11-6-5-7-12(18)10-11/h3-4,8-9,11-12,18H,2,5-7,10H2,1H3,(H2,16,17,19)/t11-,12-/m0/s1. The van der Waals surface area contributed by atoms with Gasteiger partial charge in [0.05, 0.1) is 18.4 Å². The van der Waals surface area contributed by atoms with E-state index in [2.05, 4.69) is 10.6 Å². The van der Waals surface area contributed by atoms with Gasteiger partial charge in [-0.05, 0) is 44.7 Å². The molecular formula is C15H22N2O3. The first-order valence-electron chi connectivity index (χ1n) is 7.16. The Bertz CT molecular complexity index is 450. The second kappa shape index (κ2) is 7.14. The number of aliphatic hydroxyl groups is 1. The first-order chi connectivity index (χ1) is 9.69. The molecule has 1 aromatic rings. The van der Waals surface area contributed by atoms with Gasteiger partial charge in [0, 0.05) is 6.04 Å². The number of carbonyl (C=O) groups excluding carboxylic acids is 1. The van der Waals surface area contributed by atoms with Crippen LogP contribution >= 0.6 is 0 Å². The average Bonchev–Trinajstić information content (AvgIpc) is 2.41. The summed E-state index contributed by atoms with van der Waals surface area (Å²) in [6.45, 7) is 2.45. The fourth-order valence-corrected chi connectivity index (χ4v) is 2.49. The molecule has 0 radical (unpaired) electrons. The lowest BCUT2D eigenvalue weighted by atomic mass is 9.93. The van der Waals surface area contributed by atoms with Crippen LogP contribution in [-0.2, 0) is 0 Å².